The van der Waals surface area contributed by atoms with Crippen molar-refractivity contribution in [1.29, 1.82) is 0 Å². The van der Waals surface area contributed by atoms with E-state index in [4.69, 9.17) is 0 Å². The van der Waals surface area contributed by atoms with Gasteiger partial charge in [-0.2, -0.15) is 0 Å². The molecular weight excluding hydrogens is 336 g/mol. The van der Waals surface area contributed by atoms with Gasteiger partial charge in [-0.3, -0.25) is 9.52 Å². The Labute approximate surface area is 149 Å². The molecule has 2 aromatic rings. The lowest BCUT2D eigenvalue weighted by atomic mass is 10.1. The lowest BCUT2D eigenvalue weighted by Gasteiger charge is -2.12. The van der Waals surface area contributed by atoms with Crippen molar-refractivity contribution in [2.45, 2.75) is 38.5 Å². The third-order valence-corrected chi connectivity index (χ3v) is 5.47. The monoisotopic (exact) mass is 360 g/mol. The first kappa shape index (κ1) is 19.0. The zero-order chi connectivity index (χ0) is 18.4. The summed E-state index contributed by atoms with van der Waals surface area (Å²) >= 11 is 0. The van der Waals surface area contributed by atoms with Gasteiger partial charge in [0.25, 0.3) is 15.9 Å². The van der Waals surface area contributed by atoms with E-state index in [0.29, 0.717) is 17.8 Å². The largest absolute Gasteiger partial charge is 0.352 e. The summed E-state index contributed by atoms with van der Waals surface area (Å²) in [6, 6.07) is 11.4. The number of hydrogen-bond donors (Lipinski definition) is 2. The van der Waals surface area contributed by atoms with Crippen molar-refractivity contribution < 1.29 is 13.2 Å². The molecule has 0 radical (unpaired) electrons. The summed E-state index contributed by atoms with van der Waals surface area (Å²) in [5.74, 6) is -0.195. The first-order chi connectivity index (χ1) is 11.8. The topological polar surface area (TPSA) is 75.3 Å². The van der Waals surface area contributed by atoms with Crippen molar-refractivity contribution in [2.24, 2.45) is 0 Å². The molecule has 0 fully saturated rings. The maximum Gasteiger partial charge on any atom is 0.261 e. The van der Waals surface area contributed by atoms with E-state index in [1.807, 2.05) is 26.0 Å². The standard InChI is InChI=1S/C19H24N2O3S/c1-4-5-13-20-19(22)16-9-11-17(12-10-16)25(23,24)21-18-8-6-7-14(2)15(18)3/h6-12,21H,4-5,13H2,1-3H3,(H,20,22). The molecule has 0 heterocycles. The van der Waals surface area contributed by atoms with Crippen LogP contribution in [0.3, 0.4) is 0 Å². The molecular formula is C19H24N2O3S. The van der Waals surface area contributed by atoms with Crippen LogP contribution < -0.4 is 10.0 Å². The maximum atomic E-state index is 12.5. The quantitative estimate of drug-likeness (QED) is 0.740. The third-order valence-electron chi connectivity index (χ3n) is 4.09. The lowest BCUT2D eigenvalue weighted by Crippen LogP contribution is -2.24. The summed E-state index contributed by atoms with van der Waals surface area (Å²) < 4.78 is 27.7. The Kier molecular flexibility index (Phi) is 6.20. The van der Waals surface area contributed by atoms with Gasteiger partial charge in [0.1, 0.15) is 0 Å². The van der Waals surface area contributed by atoms with E-state index in [-0.39, 0.29) is 10.8 Å². The fourth-order valence-corrected chi connectivity index (χ4v) is 3.45. The van der Waals surface area contributed by atoms with Crippen molar-refractivity contribution >= 4 is 21.6 Å². The van der Waals surface area contributed by atoms with Gasteiger partial charge in [0.2, 0.25) is 0 Å². The molecule has 0 aliphatic heterocycles. The smallest absolute Gasteiger partial charge is 0.261 e. The van der Waals surface area contributed by atoms with E-state index >= 15 is 0 Å². The Morgan fingerprint density at radius 3 is 2.36 bits per heavy atom. The molecule has 0 aromatic heterocycles. The summed E-state index contributed by atoms with van der Waals surface area (Å²) in [4.78, 5) is 12.1. The zero-order valence-corrected chi connectivity index (χ0v) is 15.6. The van der Waals surface area contributed by atoms with Gasteiger partial charge in [0.15, 0.2) is 0 Å². The number of aryl methyl sites for hydroxylation is 1. The van der Waals surface area contributed by atoms with Crippen LogP contribution in [-0.4, -0.2) is 20.9 Å². The van der Waals surface area contributed by atoms with Crippen LogP contribution in [0.4, 0.5) is 5.69 Å². The minimum Gasteiger partial charge on any atom is -0.352 e. The highest BCUT2D eigenvalue weighted by atomic mass is 32.2. The zero-order valence-electron chi connectivity index (χ0n) is 14.8. The summed E-state index contributed by atoms with van der Waals surface area (Å²) in [5, 5.41) is 2.81. The fourth-order valence-electron chi connectivity index (χ4n) is 2.33. The summed E-state index contributed by atoms with van der Waals surface area (Å²) in [5.41, 5.74) is 2.90. The number of nitrogens with one attached hydrogen (secondary N) is 2. The highest BCUT2D eigenvalue weighted by Gasteiger charge is 2.16. The SMILES string of the molecule is CCCCNC(=O)c1ccc(S(=O)(=O)Nc2cccc(C)c2C)cc1. The van der Waals surface area contributed by atoms with E-state index < -0.39 is 10.0 Å². The third kappa shape index (κ3) is 4.82. The van der Waals surface area contributed by atoms with Crippen molar-refractivity contribution in [3.8, 4) is 0 Å². The average molecular weight is 360 g/mol. The number of anilines is 1. The number of amides is 1. The van der Waals surface area contributed by atoms with Gasteiger partial charge >= 0.3 is 0 Å². The summed E-state index contributed by atoms with van der Waals surface area (Å²) in [7, 11) is -3.70. The normalized spacial score (nSPS) is 11.2. The molecule has 5 nitrogen and oxygen atoms in total. The van der Waals surface area contributed by atoms with Crippen LogP contribution in [0.15, 0.2) is 47.4 Å². The van der Waals surface area contributed by atoms with E-state index in [1.165, 1.54) is 24.3 Å². The predicted octanol–water partition coefficient (Wildman–Crippen LogP) is 3.63. The molecule has 2 N–H and O–H groups in total. The minimum absolute atomic E-state index is 0.124. The number of hydrogen-bond acceptors (Lipinski definition) is 3. The molecule has 0 unspecified atom stereocenters. The molecule has 6 heteroatoms. The van der Waals surface area contributed by atoms with Crippen molar-refractivity contribution in [1.82, 2.24) is 5.32 Å². The Balaban J connectivity index is 2.15. The highest BCUT2D eigenvalue weighted by molar-refractivity contribution is 7.92. The number of sulfonamides is 1. The van der Waals surface area contributed by atoms with E-state index in [1.54, 1.807) is 6.07 Å². The van der Waals surface area contributed by atoms with Gasteiger partial charge in [-0.1, -0.05) is 25.5 Å². The fraction of sp³-hybridized carbons (Fsp3) is 0.316. The summed E-state index contributed by atoms with van der Waals surface area (Å²) in [6.07, 6.45) is 1.92. The molecule has 1 amide bonds. The second kappa shape index (κ2) is 8.16. The molecule has 134 valence electrons. The molecule has 25 heavy (non-hydrogen) atoms. The number of benzene rings is 2. The average Bonchev–Trinajstić information content (AvgIpc) is 2.59. The second-order valence-electron chi connectivity index (χ2n) is 5.99. The molecule has 0 saturated heterocycles. The molecule has 2 aromatic carbocycles. The molecule has 0 aliphatic carbocycles. The number of unbranched alkanes of at least 4 members (excludes halogenated alkanes) is 1. The van der Waals surface area contributed by atoms with Crippen LogP contribution in [0.5, 0.6) is 0 Å². The van der Waals surface area contributed by atoms with Gasteiger partial charge in [0, 0.05) is 12.1 Å². The second-order valence-corrected chi connectivity index (χ2v) is 7.67. The Morgan fingerprint density at radius 1 is 1.04 bits per heavy atom. The minimum atomic E-state index is -3.70. The molecule has 0 saturated carbocycles. The molecule has 0 bridgehead atoms. The van der Waals surface area contributed by atoms with Crippen LogP contribution in [0.1, 0.15) is 41.3 Å². The van der Waals surface area contributed by atoms with Gasteiger partial charge < -0.3 is 5.32 Å². The van der Waals surface area contributed by atoms with Crippen molar-refractivity contribution in [2.75, 3.05) is 11.3 Å². The Morgan fingerprint density at radius 2 is 1.72 bits per heavy atom. The number of carbonyl (C=O) groups is 1. The number of rotatable bonds is 7. The van der Waals surface area contributed by atoms with Crippen LogP contribution in [0.2, 0.25) is 0 Å². The lowest BCUT2D eigenvalue weighted by molar-refractivity contribution is 0.0953. The predicted molar refractivity (Wildman–Crippen MR) is 100 cm³/mol. The van der Waals surface area contributed by atoms with E-state index in [9.17, 15) is 13.2 Å². The van der Waals surface area contributed by atoms with E-state index in [0.717, 1.165) is 24.0 Å². The molecule has 0 aliphatic rings. The molecule has 0 atom stereocenters. The van der Waals surface area contributed by atoms with Gasteiger partial charge in [-0.15, -0.1) is 0 Å². The van der Waals surface area contributed by atoms with Crippen LogP contribution in [0.25, 0.3) is 0 Å². The Hall–Kier alpha value is -2.34. The summed E-state index contributed by atoms with van der Waals surface area (Å²) in [6.45, 7) is 6.47. The van der Waals surface area contributed by atoms with Crippen LogP contribution in [-0.2, 0) is 10.0 Å². The van der Waals surface area contributed by atoms with Crippen LogP contribution >= 0.6 is 0 Å². The first-order valence-electron chi connectivity index (χ1n) is 8.32. The van der Waals surface area contributed by atoms with E-state index in [2.05, 4.69) is 17.0 Å². The first-order valence-corrected chi connectivity index (χ1v) is 9.80. The molecule has 0 spiro atoms. The van der Waals surface area contributed by atoms with Gasteiger partial charge in [-0.25, -0.2) is 8.42 Å². The van der Waals surface area contributed by atoms with Crippen LogP contribution in [0, 0.1) is 13.8 Å². The molecule has 2 rings (SSSR count). The Bertz CT molecular complexity index is 843. The number of carbonyl (C=O) groups excluding carboxylic acids is 1. The van der Waals surface area contributed by atoms with Crippen molar-refractivity contribution in [3.05, 3.63) is 59.2 Å². The van der Waals surface area contributed by atoms with Gasteiger partial charge in [-0.05, 0) is 61.7 Å². The van der Waals surface area contributed by atoms with Crippen molar-refractivity contribution in [3.63, 3.8) is 0 Å². The highest BCUT2D eigenvalue weighted by Crippen LogP contribution is 2.22. The van der Waals surface area contributed by atoms with Gasteiger partial charge in [0.05, 0.1) is 10.6 Å². The maximum absolute atomic E-state index is 12.5.